The summed E-state index contributed by atoms with van der Waals surface area (Å²) < 4.78 is 0. The Labute approximate surface area is 62.7 Å². The lowest BCUT2D eigenvalue weighted by Crippen LogP contribution is -1.78. The molecule has 0 aromatic rings. The Hall–Kier alpha value is 0.730. The molecule has 0 aromatic carbocycles. The van der Waals surface area contributed by atoms with E-state index < -0.39 is 0 Å². The van der Waals surface area contributed by atoms with E-state index in [2.05, 4.69) is 6.92 Å². The van der Waals surface area contributed by atoms with Crippen LogP contribution in [0.25, 0.3) is 0 Å². The minimum absolute atomic E-state index is 0. The Kier molecular flexibility index (Phi) is 4.08. The van der Waals surface area contributed by atoms with Crippen molar-refractivity contribution < 1.29 is 0 Å². The molecule has 1 heteroatoms. The summed E-state index contributed by atoms with van der Waals surface area (Å²) in [7, 11) is 0. The molecule has 0 amide bonds. The van der Waals surface area contributed by atoms with Gasteiger partial charge in [0.25, 0.3) is 0 Å². The van der Waals surface area contributed by atoms with Crippen molar-refractivity contribution in [1.82, 2.24) is 0 Å². The smallest absolute Gasteiger partial charge is 0.0443 e. The monoisotopic (exact) mass is 212 g/mol. The number of rotatable bonds is 0. The molecule has 0 spiro atoms. The highest BCUT2D eigenvalue weighted by Crippen LogP contribution is 2.22. The second-order valence-corrected chi connectivity index (χ2v) is 2.39. The highest BCUT2D eigenvalue weighted by molar-refractivity contribution is 14.0. The van der Waals surface area contributed by atoms with Gasteiger partial charge in [-0.05, 0) is 5.92 Å². The van der Waals surface area contributed by atoms with Gasteiger partial charge in [-0.3, -0.25) is 0 Å². The topological polar surface area (TPSA) is 0 Å². The zero-order chi connectivity index (χ0) is 4.41. The second-order valence-electron chi connectivity index (χ2n) is 2.39. The van der Waals surface area contributed by atoms with Crippen molar-refractivity contribution in [2.24, 2.45) is 5.92 Å². The Bertz CT molecular complexity index is 37.4. The molecule has 7 heavy (non-hydrogen) atoms. The molecule has 0 heterocycles. The third-order valence-corrected chi connectivity index (χ3v) is 1.64. The molecule has 1 fully saturated rings. The molecule has 0 aliphatic heterocycles. The zero-order valence-corrected chi connectivity index (χ0v) is 7.14. The molecular weight excluding hydrogens is 199 g/mol. The first-order valence-corrected chi connectivity index (χ1v) is 2.89. The van der Waals surface area contributed by atoms with Gasteiger partial charge in [0.1, 0.15) is 0 Å². The third kappa shape index (κ3) is 2.52. The van der Waals surface area contributed by atoms with Crippen LogP contribution in [0.3, 0.4) is 0 Å². The van der Waals surface area contributed by atoms with E-state index in [-0.39, 0.29) is 24.0 Å². The summed E-state index contributed by atoms with van der Waals surface area (Å²) in [6.45, 7) is 2.34. The van der Waals surface area contributed by atoms with Crippen molar-refractivity contribution >= 4 is 24.0 Å². The quantitative estimate of drug-likeness (QED) is 0.541. The van der Waals surface area contributed by atoms with E-state index in [1.807, 2.05) is 0 Å². The summed E-state index contributed by atoms with van der Waals surface area (Å²) in [5.41, 5.74) is 0. The van der Waals surface area contributed by atoms with E-state index >= 15 is 0 Å². The lowest BCUT2D eigenvalue weighted by molar-refractivity contribution is 0.612. The molecule has 0 unspecified atom stereocenters. The van der Waals surface area contributed by atoms with Crippen molar-refractivity contribution in [2.75, 3.05) is 0 Å². The highest BCUT2D eigenvalue weighted by Gasteiger charge is 2.07. The van der Waals surface area contributed by atoms with Crippen LogP contribution in [-0.2, 0) is 0 Å². The van der Waals surface area contributed by atoms with Gasteiger partial charge in [-0.15, -0.1) is 24.0 Å². The number of halogens is 1. The van der Waals surface area contributed by atoms with Gasteiger partial charge in [-0.1, -0.05) is 32.6 Å². The van der Waals surface area contributed by atoms with Crippen LogP contribution in [0, 0.1) is 5.92 Å². The van der Waals surface area contributed by atoms with Gasteiger partial charge in [0, 0.05) is 0 Å². The molecule has 0 saturated heterocycles. The summed E-state index contributed by atoms with van der Waals surface area (Å²) in [5, 5.41) is 0. The Morgan fingerprint density at radius 2 is 1.57 bits per heavy atom. The summed E-state index contributed by atoms with van der Waals surface area (Å²) >= 11 is 0. The number of hydrogen-bond acceptors (Lipinski definition) is 0. The molecule has 1 aliphatic carbocycles. The molecule has 0 bridgehead atoms. The number of hydrogen-bond donors (Lipinski definition) is 0. The van der Waals surface area contributed by atoms with Gasteiger partial charge in [-0.25, -0.2) is 0 Å². The lowest BCUT2D eigenvalue weighted by Gasteiger charge is -1.91. The molecule has 0 aromatic heterocycles. The molecule has 0 nitrogen and oxygen atoms in total. The highest BCUT2D eigenvalue weighted by atomic mass is 127. The molecule has 1 rings (SSSR count). The van der Waals surface area contributed by atoms with Crippen LogP contribution < -0.4 is 0 Å². The maximum atomic E-state index is 2.34. The molecular formula is C6H13I. The molecule has 0 atom stereocenters. The first kappa shape index (κ1) is 7.73. The fourth-order valence-corrected chi connectivity index (χ4v) is 1.13. The second kappa shape index (κ2) is 3.70. The Balaban J connectivity index is 0.000000360. The zero-order valence-electron chi connectivity index (χ0n) is 4.81. The summed E-state index contributed by atoms with van der Waals surface area (Å²) in [6.07, 6.45) is 5.95. The van der Waals surface area contributed by atoms with Crippen molar-refractivity contribution in [1.29, 1.82) is 0 Å². The van der Waals surface area contributed by atoms with E-state index in [9.17, 15) is 0 Å². The Morgan fingerprint density at radius 3 is 1.71 bits per heavy atom. The van der Waals surface area contributed by atoms with Gasteiger partial charge in [0.2, 0.25) is 0 Å². The van der Waals surface area contributed by atoms with Crippen LogP contribution in [0.5, 0.6) is 0 Å². The molecule has 1 saturated carbocycles. The summed E-state index contributed by atoms with van der Waals surface area (Å²) in [6, 6.07) is 0. The standard InChI is InChI=1S/C6H12.HI/c1-6-4-2-3-5-6;/h6H,2-5H2,1H3;1H. The first-order chi connectivity index (χ1) is 2.89. The van der Waals surface area contributed by atoms with Crippen molar-refractivity contribution in [2.45, 2.75) is 32.6 Å². The Morgan fingerprint density at radius 1 is 1.14 bits per heavy atom. The van der Waals surface area contributed by atoms with Gasteiger partial charge in [0.15, 0.2) is 0 Å². The average Bonchev–Trinajstić information content (AvgIpc) is 1.86. The fraction of sp³-hybridized carbons (Fsp3) is 1.00. The summed E-state index contributed by atoms with van der Waals surface area (Å²) in [4.78, 5) is 0. The van der Waals surface area contributed by atoms with Gasteiger partial charge in [-0.2, -0.15) is 0 Å². The van der Waals surface area contributed by atoms with Crippen LogP contribution >= 0.6 is 24.0 Å². The maximum Gasteiger partial charge on any atom is -0.0443 e. The van der Waals surface area contributed by atoms with Crippen LogP contribution in [0.4, 0.5) is 0 Å². The SMILES string of the molecule is CC1CCCC1.I. The van der Waals surface area contributed by atoms with Crippen molar-refractivity contribution in [3.63, 3.8) is 0 Å². The van der Waals surface area contributed by atoms with Gasteiger partial charge < -0.3 is 0 Å². The van der Waals surface area contributed by atoms with Gasteiger partial charge in [0.05, 0.1) is 0 Å². The normalized spacial score (nSPS) is 21.9. The van der Waals surface area contributed by atoms with Gasteiger partial charge >= 0.3 is 0 Å². The largest absolute Gasteiger partial charge is 0.107 e. The summed E-state index contributed by atoms with van der Waals surface area (Å²) in [5.74, 6) is 1.05. The maximum absolute atomic E-state index is 2.34. The third-order valence-electron chi connectivity index (χ3n) is 1.64. The van der Waals surface area contributed by atoms with E-state index in [1.54, 1.807) is 0 Å². The van der Waals surface area contributed by atoms with E-state index in [0.717, 1.165) is 5.92 Å². The molecule has 44 valence electrons. The fourth-order valence-electron chi connectivity index (χ4n) is 1.13. The first-order valence-electron chi connectivity index (χ1n) is 2.89. The van der Waals surface area contributed by atoms with Crippen molar-refractivity contribution in [3.8, 4) is 0 Å². The van der Waals surface area contributed by atoms with Crippen LogP contribution in [-0.4, -0.2) is 0 Å². The van der Waals surface area contributed by atoms with E-state index in [4.69, 9.17) is 0 Å². The van der Waals surface area contributed by atoms with Crippen LogP contribution in [0.2, 0.25) is 0 Å². The predicted octanol–water partition coefficient (Wildman–Crippen LogP) is 2.81. The van der Waals surface area contributed by atoms with Crippen molar-refractivity contribution in [3.05, 3.63) is 0 Å². The minimum Gasteiger partial charge on any atom is -0.107 e. The lowest BCUT2D eigenvalue weighted by atomic mass is 10.2. The van der Waals surface area contributed by atoms with E-state index in [0.29, 0.717) is 0 Å². The van der Waals surface area contributed by atoms with E-state index in [1.165, 1.54) is 25.7 Å². The average molecular weight is 212 g/mol. The molecule has 0 N–H and O–H groups in total. The van der Waals surface area contributed by atoms with Crippen LogP contribution in [0.1, 0.15) is 32.6 Å². The minimum atomic E-state index is 0. The predicted molar refractivity (Wildman–Crippen MR) is 43.0 cm³/mol. The molecule has 0 radical (unpaired) electrons. The molecule has 1 aliphatic rings. The van der Waals surface area contributed by atoms with Crippen LogP contribution in [0.15, 0.2) is 0 Å².